The third kappa shape index (κ3) is 9.75. The van der Waals surface area contributed by atoms with E-state index in [-0.39, 0.29) is 70.2 Å². The Balaban J connectivity index is 0. The molecule has 0 heterocycles. The van der Waals surface area contributed by atoms with Crippen molar-refractivity contribution in [1.82, 2.24) is 0 Å². The molecule has 1 aromatic carbocycles. The van der Waals surface area contributed by atoms with E-state index in [9.17, 15) is 9.59 Å². The van der Waals surface area contributed by atoms with E-state index in [0.29, 0.717) is 5.69 Å². The second kappa shape index (κ2) is 14.3. The van der Waals surface area contributed by atoms with Crippen LogP contribution in [-0.2, 0) is 0 Å². The van der Waals surface area contributed by atoms with Gasteiger partial charge in [0.15, 0.2) is 0 Å². The summed E-state index contributed by atoms with van der Waals surface area (Å²) in [5.41, 5.74) is 0.272. The van der Waals surface area contributed by atoms with Gasteiger partial charge in [-0.25, -0.2) is 9.59 Å². The summed E-state index contributed by atoms with van der Waals surface area (Å²) in [6.07, 6.45) is 7.14. The molecule has 5 nitrogen and oxygen atoms in total. The first-order valence-electron chi connectivity index (χ1n) is 7.40. The van der Waals surface area contributed by atoms with Crippen molar-refractivity contribution in [3.05, 3.63) is 29.3 Å². The number of hydrogen-bond donors (Lipinski definition) is 3. The zero-order valence-electron chi connectivity index (χ0n) is 12.4. The van der Waals surface area contributed by atoms with Crippen molar-refractivity contribution in [2.24, 2.45) is 0 Å². The van der Waals surface area contributed by atoms with Gasteiger partial charge in [0, 0.05) is 12.2 Å². The van der Waals surface area contributed by atoms with Crippen LogP contribution < -0.4 is 5.32 Å². The van der Waals surface area contributed by atoms with Crippen molar-refractivity contribution in [1.29, 1.82) is 0 Å². The molecule has 23 heavy (non-hydrogen) atoms. The molecule has 1 aromatic rings. The van der Waals surface area contributed by atoms with Crippen LogP contribution in [0, 0.1) is 0 Å². The molecule has 0 aliphatic heterocycles. The van der Waals surface area contributed by atoms with Crippen molar-refractivity contribution in [3.63, 3.8) is 0 Å². The summed E-state index contributed by atoms with van der Waals surface area (Å²) in [5, 5.41) is 21.1. The van der Waals surface area contributed by atoms with Gasteiger partial charge >= 0.3 is 71.1 Å². The fourth-order valence-corrected chi connectivity index (χ4v) is 2.16. The van der Waals surface area contributed by atoms with Crippen LogP contribution in [0.15, 0.2) is 18.2 Å². The summed E-state index contributed by atoms with van der Waals surface area (Å²) < 4.78 is 0. The van der Waals surface area contributed by atoms with Crippen LogP contribution in [0.25, 0.3) is 0 Å². The number of benzene rings is 1. The molecular weight excluding hydrogens is 316 g/mol. The molecule has 0 saturated carbocycles. The Labute approximate surface area is 181 Å². The molecule has 0 fully saturated rings. The molecule has 0 saturated heterocycles. The Morgan fingerprint density at radius 2 is 1.48 bits per heavy atom. The van der Waals surface area contributed by atoms with Gasteiger partial charge < -0.3 is 15.5 Å². The molecule has 0 atom stereocenters. The topological polar surface area (TPSA) is 86.6 Å². The van der Waals surface area contributed by atoms with Crippen molar-refractivity contribution in [2.45, 2.75) is 45.4 Å². The van der Waals surface area contributed by atoms with Crippen LogP contribution in [0.4, 0.5) is 5.69 Å². The van der Waals surface area contributed by atoms with Crippen LogP contribution in [0.5, 0.6) is 0 Å². The molecule has 7 heteroatoms. The number of anilines is 1. The predicted molar refractivity (Wildman–Crippen MR) is 96.5 cm³/mol. The number of hydrogen-bond acceptors (Lipinski definition) is 3. The summed E-state index contributed by atoms with van der Waals surface area (Å²) in [5.74, 6) is -2.45. The summed E-state index contributed by atoms with van der Waals surface area (Å²) in [4.78, 5) is 22.0. The van der Waals surface area contributed by atoms with E-state index < -0.39 is 11.9 Å². The predicted octanol–water partition coefficient (Wildman–Crippen LogP) is 2.56. The maximum atomic E-state index is 11.1. The fraction of sp³-hybridized carbons (Fsp3) is 0.500. The van der Waals surface area contributed by atoms with Gasteiger partial charge in [-0.3, -0.25) is 0 Å². The summed E-state index contributed by atoms with van der Waals surface area (Å²) >= 11 is 0. The van der Waals surface area contributed by atoms with Crippen molar-refractivity contribution in [3.8, 4) is 0 Å². The van der Waals surface area contributed by atoms with Crippen molar-refractivity contribution < 1.29 is 19.8 Å². The second-order valence-electron chi connectivity index (χ2n) is 5.07. The van der Waals surface area contributed by atoms with Gasteiger partial charge in [0.25, 0.3) is 0 Å². The molecule has 0 aliphatic rings. The van der Waals surface area contributed by atoms with Crippen molar-refractivity contribution >= 4 is 76.7 Å². The monoisotopic (exact) mass is 341 g/mol. The fourth-order valence-electron chi connectivity index (χ4n) is 2.16. The molecule has 0 spiro atoms. The molecule has 3 N–H and O–H groups in total. The zero-order valence-corrected chi connectivity index (χ0v) is 12.4. The van der Waals surface area contributed by atoms with E-state index >= 15 is 0 Å². The minimum absolute atomic E-state index is 0. The quantitative estimate of drug-likeness (QED) is 0.450. The molecule has 0 amide bonds. The molecular formula is C16H25NNa2O4. The summed E-state index contributed by atoms with van der Waals surface area (Å²) in [6.45, 7) is 2.94. The SMILES string of the molecule is CCCCCCCCNc1ccc(C(=O)O)c(C(=O)O)c1.[NaH].[NaH]. The minimum atomic E-state index is -1.23. The first-order valence-corrected chi connectivity index (χ1v) is 7.40. The van der Waals surface area contributed by atoms with E-state index in [1.54, 1.807) is 6.07 Å². The molecule has 0 aromatic heterocycles. The first-order chi connectivity index (χ1) is 10.1. The van der Waals surface area contributed by atoms with Crippen LogP contribution in [-0.4, -0.2) is 87.8 Å². The zero-order chi connectivity index (χ0) is 15.7. The molecule has 0 unspecified atom stereocenters. The van der Waals surface area contributed by atoms with Crippen LogP contribution in [0.2, 0.25) is 0 Å². The van der Waals surface area contributed by atoms with Gasteiger partial charge in [-0.2, -0.15) is 0 Å². The normalized spacial score (nSPS) is 9.43. The van der Waals surface area contributed by atoms with E-state index in [2.05, 4.69) is 12.2 Å². The average molecular weight is 341 g/mol. The van der Waals surface area contributed by atoms with E-state index in [1.165, 1.54) is 37.8 Å². The Kier molecular flexibility index (Phi) is 15.7. The Morgan fingerprint density at radius 3 is 2.04 bits per heavy atom. The summed E-state index contributed by atoms with van der Waals surface area (Å²) in [7, 11) is 0. The number of carbonyl (C=O) groups is 2. The number of rotatable bonds is 10. The standard InChI is InChI=1S/C16H23NO4.2Na.2H/c1-2-3-4-5-6-7-10-17-12-8-9-13(15(18)19)14(11-12)16(20)21;;;;/h8-9,11,17H,2-7,10H2,1H3,(H,18,19)(H,20,21);;;;. The summed E-state index contributed by atoms with van der Waals surface area (Å²) in [6, 6.07) is 4.31. The van der Waals surface area contributed by atoms with Gasteiger partial charge in [0.2, 0.25) is 0 Å². The number of carboxylic acids is 2. The third-order valence-corrected chi connectivity index (χ3v) is 3.34. The molecule has 0 bridgehead atoms. The van der Waals surface area contributed by atoms with Gasteiger partial charge in [-0.1, -0.05) is 39.0 Å². The Morgan fingerprint density at radius 1 is 0.913 bits per heavy atom. The van der Waals surface area contributed by atoms with E-state index in [4.69, 9.17) is 10.2 Å². The molecule has 120 valence electrons. The number of unbranched alkanes of at least 4 members (excludes halogenated alkanes) is 5. The number of aromatic carboxylic acids is 2. The van der Waals surface area contributed by atoms with Gasteiger partial charge in [0.1, 0.15) is 0 Å². The van der Waals surface area contributed by atoms with Gasteiger partial charge in [-0.15, -0.1) is 0 Å². The van der Waals surface area contributed by atoms with Crippen LogP contribution in [0.3, 0.4) is 0 Å². The molecule has 0 radical (unpaired) electrons. The first kappa shape index (κ1) is 25.2. The van der Waals surface area contributed by atoms with Crippen molar-refractivity contribution in [2.75, 3.05) is 11.9 Å². The Bertz CT molecular complexity index is 495. The average Bonchev–Trinajstić information content (AvgIpc) is 2.46. The van der Waals surface area contributed by atoms with Gasteiger partial charge in [-0.05, 0) is 24.6 Å². The van der Waals surface area contributed by atoms with Crippen LogP contribution in [0.1, 0.15) is 66.2 Å². The molecule has 0 aliphatic carbocycles. The maximum absolute atomic E-state index is 11.1. The Hall–Kier alpha value is -0.0400. The number of carboxylic acid groups (broad SMARTS) is 2. The van der Waals surface area contributed by atoms with E-state index in [0.717, 1.165) is 19.4 Å². The third-order valence-electron chi connectivity index (χ3n) is 3.34. The van der Waals surface area contributed by atoms with E-state index in [1.807, 2.05) is 0 Å². The second-order valence-corrected chi connectivity index (χ2v) is 5.07. The van der Waals surface area contributed by atoms with Gasteiger partial charge in [0.05, 0.1) is 11.1 Å². The number of nitrogens with one attached hydrogen (secondary N) is 1. The van der Waals surface area contributed by atoms with Crippen LogP contribution >= 0.6 is 0 Å². The molecule has 1 rings (SSSR count).